The summed E-state index contributed by atoms with van der Waals surface area (Å²) < 4.78 is 0. The number of non-ortho nitro benzene ring substituents is 1. The molecule has 3 aromatic rings. The minimum absolute atomic E-state index is 0.0132. The van der Waals surface area contributed by atoms with E-state index in [1.165, 1.54) is 23.3 Å². The van der Waals surface area contributed by atoms with Crippen LogP contribution in [0.1, 0.15) is 46.3 Å². The Morgan fingerprint density at radius 2 is 1.61 bits per heavy atom. The average Bonchev–Trinajstić information content (AvgIpc) is 2.75. The molecule has 5 nitrogen and oxygen atoms in total. The Morgan fingerprint density at radius 3 is 2.29 bits per heavy atom. The Labute approximate surface area is 182 Å². The molecule has 158 valence electrons. The molecule has 0 saturated heterocycles. The maximum absolute atomic E-state index is 13.3. The van der Waals surface area contributed by atoms with Crippen molar-refractivity contribution in [1.29, 1.82) is 0 Å². The van der Waals surface area contributed by atoms with E-state index in [0.717, 1.165) is 16.7 Å². The van der Waals surface area contributed by atoms with Crippen LogP contribution >= 0.6 is 0 Å². The van der Waals surface area contributed by atoms with E-state index in [1.54, 1.807) is 18.2 Å². The number of nitro groups is 1. The number of nitrogens with zero attached hydrogens (tertiary/aromatic N) is 1. The number of benzene rings is 3. The van der Waals surface area contributed by atoms with Crippen molar-refractivity contribution in [2.75, 3.05) is 0 Å². The summed E-state index contributed by atoms with van der Waals surface area (Å²) in [5.41, 5.74) is 6.37. The Kier molecular flexibility index (Phi) is 6.65. The molecule has 5 heteroatoms. The fourth-order valence-electron chi connectivity index (χ4n) is 3.59. The molecule has 0 radical (unpaired) electrons. The highest BCUT2D eigenvalue weighted by molar-refractivity contribution is 6.24. The molecule has 0 aliphatic heterocycles. The second-order valence-electron chi connectivity index (χ2n) is 7.76. The number of aryl methyl sites for hydroxylation is 3. The molecule has 1 amide bonds. The third-order valence-electron chi connectivity index (χ3n) is 5.42. The maximum Gasteiger partial charge on any atom is 0.270 e. The van der Waals surface area contributed by atoms with E-state index < -0.39 is 4.92 Å². The quantitative estimate of drug-likeness (QED) is 0.235. The lowest BCUT2D eigenvalue weighted by atomic mass is 9.95. The van der Waals surface area contributed by atoms with Crippen LogP contribution in [0.3, 0.4) is 0 Å². The fraction of sp³-hybridized carbons (Fsp3) is 0.192. The summed E-state index contributed by atoms with van der Waals surface area (Å²) >= 11 is 0. The fourth-order valence-corrected chi connectivity index (χ4v) is 3.59. The summed E-state index contributed by atoms with van der Waals surface area (Å²) in [5, 5.41) is 14.2. The third-order valence-corrected chi connectivity index (χ3v) is 5.42. The van der Waals surface area contributed by atoms with Crippen LogP contribution in [0.4, 0.5) is 5.69 Å². The van der Waals surface area contributed by atoms with Gasteiger partial charge in [-0.2, -0.15) is 0 Å². The normalized spacial score (nSPS) is 12.3. The number of hydrogen-bond donors (Lipinski definition) is 1. The van der Waals surface area contributed by atoms with E-state index in [-0.39, 0.29) is 17.6 Å². The van der Waals surface area contributed by atoms with Gasteiger partial charge in [0, 0.05) is 17.7 Å². The van der Waals surface area contributed by atoms with Crippen LogP contribution in [0.15, 0.2) is 66.7 Å². The van der Waals surface area contributed by atoms with Gasteiger partial charge >= 0.3 is 0 Å². The highest BCUT2D eigenvalue weighted by Crippen LogP contribution is 2.25. The van der Waals surface area contributed by atoms with Crippen LogP contribution in [0, 0.1) is 30.9 Å². The van der Waals surface area contributed by atoms with Crippen LogP contribution in [0.5, 0.6) is 0 Å². The number of rotatable bonds is 6. The van der Waals surface area contributed by atoms with E-state index in [4.69, 9.17) is 0 Å². The summed E-state index contributed by atoms with van der Waals surface area (Å²) in [4.78, 5) is 24.0. The molecule has 1 N–H and O–H groups in total. The third kappa shape index (κ3) is 5.25. The van der Waals surface area contributed by atoms with Crippen molar-refractivity contribution in [3.63, 3.8) is 0 Å². The van der Waals surface area contributed by atoms with Gasteiger partial charge in [0.25, 0.3) is 11.6 Å². The predicted molar refractivity (Wildman–Crippen MR) is 125 cm³/mol. The van der Waals surface area contributed by atoms with E-state index in [1.807, 2.05) is 44.2 Å². The summed E-state index contributed by atoms with van der Waals surface area (Å²) in [7, 11) is 0. The zero-order valence-electron chi connectivity index (χ0n) is 18.2. The van der Waals surface area contributed by atoms with Crippen molar-refractivity contribution in [2.45, 2.75) is 33.7 Å². The molecule has 0 aliphatic carbocycles. The van der Waals surface area contributed by atoms with Gasteiger partial charge in [0.15, 0.2) is 0 Å². The number of nitro benzene ring substituents is 1. The number of carbonyl (C=O) groups excluding carboxylic acids is 1. The largest absolute Gasteiger partial charge is 0.345 e. The first-order valence-electron chi connectivity index (χ1n) is 10.2. The molecular weight excluding hydrogens is 388 g/mol. The maximum atomic E-state index is 13.3. The zero-order valence-corrected chi connectivity index (χ0v) is 18.2. The number of amides is 1. The predicted octanol–water partition coefficient (Wildman–Crippen LogP) is 5.94. The standard InChI is InChI=1S/C26H26N2O3/c1-17-13-19(3)24(14-18(17)2)20(4)27-26(29)25(22-10-6-5-7-11-22)16-21-9-8-12-23(15-21)28(30)31/h5-16,20H,1-4H3,(H,27,29)/b25-16+/t20-/m1/s1. The Morgan fingerprint density at radius 1 is 0.935 bits per heavy atom. The first-order chi connectivity index (χ1) is 14.8. The summed E-state index contributed by atoms with van der Waals surface area (Å²) in [6.07, 6.45) is 1.69. The molecule has 0 aromatic heterocycles. The molecule has 0 saturated carbocycles. The van der Waals surface area contributed by atoms with Crippen molar-refractivity contribution in [1.82, 2.24) is 5.32 Å². The molecule has 0 fully saturated rings. The van der Waals surface area contributed by atoms with Gasteiger partial charge in [0.2, 0.25) is 0 Å². The number of hydrogen-bond acceptors (Lipinski definition) is 3. The van der Waals surface area contributed by atoms with Crippen molar-refractivity contribution >= 4 is 23.2 Å². The van der Waals surface area contributed by atoms with Gasteiger partial charge in [-0.1, -0.05) is 54.6 Å². The highest BCUT2D eigenvalue weighted by Gasteiger charge is 2.18. The van der Waals surface area contributed by atoms with Crippen molar-refractivity contribution in [2.24, 2.45) is 0 Å². The molecule has 0 bridgehead atoms. The lowest BCUT2D eigenvalue weighted by Gasteiger charge is -2.19. The number of carbonyl (C=O) groups is 1. The average molecular weight is 415 g/mol. The molecule has 3 aromatic carbocycles. The van der Waals surface area contributed by atoms with Gasteiger partial charge in [0.05, 0.1) is 11.0 Å². The molecule has 3 rings (SSSR count). The monoisotopic (exact) mass is 414 g/mol. The second kappa shape index (κ2) is 9.39. The van der Waals surface area contributed by atoms with E-state index in [0.29, 0.717) is 11.1 Å². The molecule has 31 heavy (non-hydrogen) atoms. The van der Waals surface area contributed by atoms with E-state index in [9.17, 15) is 14.9 Å². The van der Waals surface area contributed by atoms with Crippen molar-refractivity contribution in [3.8, 4) is 0 Å². The molecule has 0 heterocycles. The van der Waals surface area contributed by atoms with Gasteiger partial charge in [-0.05, 0) is 67.2 Å². The smallest absolute Gasteiger partial charge is 0.270 e. The number of nitrogens with one attached hydrogen (secondary N) is 1. The van der Waals surface area contributed by atoms with Crippen LogP contribution in [0.25, 0.3) is 11.6 Å². The lowest BCUT2D eigenvalue weighted by Crippen LogP contribution is -2.28. The lowest BCUT2D eigenvalue weighted by molar-refractivity contribution is -0.384. The topological polar surface area (TPSA) is 72.2 Å². The van der Waals surface area contributed by atoms with Crippen LogP contribution < -0.4 is 5.32 Å². The summed E-state index contributed by atoms with van der Waals surface area (Å²) in [6.45, 7) is 8.14. The Hall–Kier alpha value is -3.73. The molecular formula is C26H26N2O3. The summed E-state index contributed by atoms with van der Waals surface area (Å²) in [6, 6.07) is 19.6. The van der Waals surface area contributed by atoms with Gasteiger partial charge in [-0.3, -0.25) is 14.9 Å². The second-order valence-corrected chi connectivity index (χ2v) is 7.76. The Bertz CT molecular complexity index is 1150. The highest BCUT2D eigenvalue weighted by atomic mass is 16.6. The van der Waals surface area contributed by atoms with Gasteiger partial charge < -0.3 is 5.32 Å². The molecule has 0 aliphatic rings. The van der Waals surface area contributed by atoms with E-state index >= 15 is 0 Å². The van der Waals surface area contributed by atoms with Crippen LogP contribution in [0.2, 0.25) is 0 Å². The molecule has 0 spiro atoms. The SMILES string of the molecule is Cc1cc(C)c([C@@H](C)NC(=O)/C(=C/c2cccc([N+](=O)[O-])c2)c2ccccc2)cc1C. The van der Waals surface area contributed by atoms with Gasteiger partial charge in [0.1, 0.15) is 0 Å². The zero-order chi connectivity index (χ0) is 22.5. The van der Waals surface area contributed by atoms with Crippen LogP contribution in [-0.2, 0) is 4.79 Å². The van der Waals surface area contributed by atoms with Crippen molar-refractivity contribution in [3.05, 3.63) is 110 Å². The van der Waals surface area contributed by atoms with Gasteiger partial charge in [-0.15, -0.1) is 0 Å². The van der Waals surface area contributed by atoms with E-state index in [2.05, 4.69) is 31.3 Å². The molecule has 0 unspecified atom stereocenters. The summed E-state index contributed by atoms with van der Waals surface area (Å²) in [5.74, 6) is -0.233. The minimum atomic E-state index is -0.440. The first kappa shape index (κ1) is 22.0. The Balaban J connectivity index is 1.97. The first-order valence-corrected chi connectivity index (χ1v) is 10.2. The molecule has 1 atom stereocenters. The van der Waals surface area contributed by atoms with Crippen molar-refractivity contribution < 1.29 is 9.72 Å². The minimum Gasteiger partial charge on any atom is -0.345 e. The van der Waals surface area contributed by atoms with Crippen LogP contribution in [-0.4, -0.2) is 10.8 Å². The van der Waals surface area contributed by atoms with Gasteiger partial charge in [-0.25, -0.2) is 0 Å².